The number of carbonyl (C=O) groups is 1. The van der Waals surface area contributed by atoms with Crippen LogP contribution in [0.1, 0.15) is 12.1 Å². The summed E-state index contributed by atoms with van der Waals surface area (Å²) in [5.41, 5.74) is 0.948. The first-order valence-corrected chi connectivity index (χ1v) is 5.09. The molecule has 2 heterocycles. The molecule has 1 aromatic rings. The quantitative estimate of drug-likeness (QED) is 0.785. The van der Waals surface area contributed by atoms with Gasteiger partial charge in [0.1, 0.15) is 12.1 Å². The summed E-state index contributed by atoms with van der Waals surface area (Å²) in [6, 6.07) is 5.27. The summed E-state index contributed by atoms with van der Waals surface area (Å²) in [5, 5.41) is 11.9. The van der Waals surface area contributed by atoms with E-state index in [2.05, 4.69) is 10.3 Å². The van der Waals surface area contributed by atoms with Gasteiger partial charge < -0.3 is 10.2 Å². The Morgan fingerprint density at radius 1 is 1.69 bits per heavy atom. The molecule has 0 radical (unpaired) electrons. The van der Waals surface area contributed by atoms with Crippen LogP contribution in [-0.4, -0.2) is 35.4 Å². The molecular formula is C11H12N4O. The van der Waals surface area contributed by atoms with Gasteiger partial charge in [-0.3, -0.25) is 4.79 Å². The number of amides is 1. The first-order chi connectivity index (χ1) is 7.72. The number of aromatic nitrogens is 1. The zero-order valence-electron chi connectivity index (χ0n) is 8.97. The van der Waals surface area contributed by atoms with Crippen LogP contribution >= 0.6 is 0 Å². The Morgan fingerprint density at radius 2 is 2.50 bits per heavy atom. The molecule has 0 saturated carbocycles. The van der Waals surface area contributed by atoms with Gasteiger partial charge in [0.05, 0.1) is 5.69 Å². The normalized spacial score (nSPS) is 19.6. The highest BCUT2D eigenvalue weighted by molar-refractivity contribution is 5.86. The van der Waals surface area contributed by atoms with E-state index in [1.54, 1.807) is 30.3 Å². The minimum absolute atomic E-state index is 0.0627. The lowest BCUT2D eigenvalue weighted by Gasteiger charge is -2.13. The van der Waals surface area contributed by atoms with E-state index in [0.29, 0.717) is 11.4 Å². The first-order valence-electron chi connectivity index (χ1n) is 5.09. The number of hydrogen-bond donors (Lipinski definition) is 1. The number of nitrogens with zero attached hydrogens (tertiary/aromatic N) is 3. The summed E-state index contributed by atoms with van der Waals surface area (Å²) in [4.78, 5) is 17.3. The molecule has 0 aliphatic carbocycles. The van der Waals surface area contributed by atoms with E-state index in [4.69, 9.17) is 5.26 Å². The Labute approximate surface area is 93.7 Å². The number of likely N-dealkylation sites (tertiary alicyclic amines) is 1. The molecule has 1 saturated heterocycles. The molecule has 1 aromatic heterocycles. The minimum atomic E-state index is -0.235. The van der Waals surface area contributed by atoms with E-state index in [0.717, 1.165) is 13.0 Å². The summed E-state index contributed by atoms with van der Waals surface area (Å²) in [5.74, 6) is 0.0627. The van der Waals surface area contributed by atoms with Gasteiger partial charge in [-0.2, -0.15) is 5.26 Å². The van der Waals surface area contributed by atoms with Crippen molar-refractivity contribution in [3.8, 4) is 6.07 Å². The second-order valence-electron chi connectivity index (χ2n) is 3.76. The van der Waals surface area contributed by atoms with E-state index in [-0.39, 0.29) is 11.9 Å². The Morgan fingerprint density at radius 3 is 3.12 bits per heavy atom. The average molecular weight is 216 g/mol. The zero-order valence-corrected chi connectivity index (χ0v) is 8.97. The number of anilines is 1. The van der Waals surface area contributed by atoms with Gasteiger partial charge in [0, 0.05) is 19.8 Å². The second-order valence-corrected chi connectivity index (χ2v) is 3.76. The van der Waals surface area contributed by atoms with Gasteiger partial charge in [-0.05, 0) is 18.6 Å². The largest absolute Gasteiger partial charge is 0.371 e. The lowest BCUT2D eigenvalue weighted by molar-refractivity contribution is -0.127. The number of nitrogens with one attached hydrogen (secondary N) is 1. The fraction of sp³-hybridized carbons (Fsp3) is 0.364. The van der Waals surface area contributed by atoms with Gasteiger partial charge in [-0.15, -0.1) is 0 Å². The fourth-order valence-electron chi connectivity index (χ4n) is 1.75. The highest BCUT2D eigenvalue weighted by atomic mass is 16.2. The van der Waals surface area contributed by atoms with Crippen molar-refractivity contribution in [3.05, 3.63) is 24.0 Å². The third-order valence-corrected chi connectivity index (χ3v) is 2.67. The molecule has 0 spiro atoms. The zero-order chi connectivity index (χ0) is 11.5. The van der Waals surface area contributed by atoms with Crippen LogP contribution in [0.3, 0.4) is 0 Å². The highest BCUT2D eigenvalue weighted by Crippen LogP contribution is 2.17. The maximum Gasteiger partial charge on any atom is 0.244 e. The van der Waals surface area contributed by atoms with Crippen LogP contribution in [0, 0.1) is 11.3 Å². The fourth-order valence-corrected chi connectivity index (χ4v) is 1.75. The van der Waals surface area contributed by atoms with Crippen molar-refractivity contribution in [2.24, 2.45) is 0 Å². The first kappa shape index (κ1) is 10.4. The number of rotatable bonds is 2. The Bertz CT molecular complexity index is 452. The number of nitriles is 1. The van der Waals surface area contributed by atoms with E-state index in [1.165, 1.54) is 0 Å². The number of pyridine rings is 1. The lowest BCUT2D eigenvalue weighted by Crippen LogP contribution is -2.31. The van der Waals surface area contributed by atoms with Gasteiger partial charge in [0.2, 0.25) is 5.91 Å². The summed E-state index contributed by atoms with van der Waals surface area (Å²) >= 11 is 0. The Hall–Kier alpha value is -2.09. The predicted molar refractivity (Wildman–Crippen MR) is 58.6 cm³/mol. The number of hydrogen-bond acceptors (Lipinski definition) is 4. The number of carbonyl (C=O) groups excluding carboxylic acids is 1. The summed E-state index contributed by atoms with van der Waals surface area (Å²) < 4.78 is 0. The summed E-state index contributed by atoms with van der Waals surface area (Å²) in [6.45, 7) is 0.749. The molecule has 1 aliphatic heterocycles. The van der Waals surface area contributed by atoms with Crippen LogP contribution in [0.2, 0.25) is 0 Å². The molecule has 1 N–H and O–H groups in total. The third-order valence-electron chi connectivity index (χ3n) is 2.67. The SMILES string of the molecule is CN1CCC(Nc2cccnc2C#N)C1=O. The van der Waals surface area contributed by atoms with Crippen molar-refractivity contribution < 1.29 is 4.79 Å². The van der Waals surface area contributed by atoms with Crippen LogP contribution in [0.4, 0.5) is 5.69 Å². The molecule has 16 heavy (non-hydrogen) atoms. The maximum absolute atomic E-state index is 11.7. The van der Waals surface area contributed by atoms with Crippen LogP contribution in [0.25, 0.3) is 0 Å². The molecule has 2 rings (SSSR count). The molecular weight excluding hydrogens is 204 g/mol. The van der Waals surface area contributed by atoms with E-state index < -0.39 is 0 Å². The van der Waals surface area contributed by atoms with Gasteiger partial charge in [-0.1, -0.05) is 0 Å². The molecule has 0 bridgehead atoms. The van der Waals surface area contributed by atoms with Gasteiger partial charge in [0.25, 0.3) is 0 Å². The van der Waals surface area contributed by atoms with Crippen molar-refractivity contribution in [2.75, 3.05) is 18.9 Å². The molecule has 1 amide bonds. The van der Waals surface area contributed by atoms with Crippen molar-refractivity contribution in [3.63, 3.8) is 0 Å². The molecule has 1 fully saturated rings. The van der Waals surface area contributed by atoms with Crippen molar-refractivity contribution in [1.82, 2.24) is 9.88 Å². The minimum Gasteiger partial charge on any atom is -0.371 e. The van der Waals surface area contributed by atoms with Crippen molar-refractivity contribution in [2.45, 2.75) is 12.5 Å². The van der Waals surface area contributed by atoms with Crippen LogP contribution < -0.4 is 5.32 Å². The topological polar surface area (TPSA) is 69.0 Å². The van der Waals surface area contributed by atoms with Gasteiger partial charge in [-0.25, -0.2) is 4.98 Å². The second kappa shape index (κ2) is 4.19. The predicted octanol–water partition coefficient (Wildman–Crippen LogP) is 0.596. The summed E-state index contributed by atoms with van der Waals surface area (Å²) in [6.07, 6.45) is 2.32. The van der Waals surface area contributed by atoms with E-state index in [9.17, 15) is 4.79 Å². The molecule has 1 atom stereocenters. The Kier molecular flexibility index (Phi) is 2.73. The molecule has 5 heteroatoms. The number of likely N-dealkylation sites (N-methyl/N-ethyl adjacent to an activating group) is 1. The standard InChI is InChI=1S/C11H12N4O/c1-15-6-4-9(11(15)16)14-8-3-2-5-13-10(8)7-12/h2-3,5,9,14H,4,6H2,1H3. The molecule has 5 nitrogen and oxygen atoms in total. The van der Waals surface area contributed by atoms with E-state index in [1.807, 2.05) is 6.07 Å². The van der Waals surface area contributed by atoms with Crippen LogP contribution in [0.15, 0.2) is 18.3 Å². The van der Waals surface area contributed by atoms with Crippen molar-refractivity contribution in [1.29, 1.82) is 5.26 Å². The van der Waals surface area contributed by atoms with Crippen LogP contribution in [0.5, 0.6) is 0 Å². The smallest absolute Gasteiger partial charge is 0.244 e. The van der Waals surface area contributed by atoms with Crippen LogP contribution in [-0.2, 0) is 4.79 Å². The van der Waals surface area contributed by atoms with Crippen molar-refractivity contribution >= 4 is 11.6 Å². The maximum atomic E-state index is 11.7. The summed E-state index contributed by atoms with van der Waals surface area (Å²) in [7, 11) is 1.78. The molecule has 1 unspecified atom stereocenters. The van der Waals surface area contributed by atoms with E-state index >= 15 is 0 Å². The third kappa shape index (κ3) is 1.82. The monoisotopic (exact) mass is 216 g/mol. The molecule has 1 aliphatic rings. The Balaban J connectivity index is 2.16. The lowest BCUT2D eigenvalue weighted by atomic mass is 10.2. The molecule has 0 aromatic carbocycles. The van der Waals surface area contributed by atoms with Gasteiger partial charge >= 0.3 is 0 Å². The average Bonchev–Trinajstić information content (AvgIpc) is 2.62. The van der Waals surface area contributed by atoms with Gasteiger partial charge in [0.15, 0.2) is 5.69 Å². The highest BCUT2D eigenvalue weighted by Gasteiger charge is 2.29. The molecule has 82 valence electrons.